The van der Waals surface area contributed by atoms with E-state index < -0.39 is 27.5 Å². The van der Waals surface area contributed by atoms with Crippen LogP contribution < -0.4 is 0 Å². The minimum absolute atomic E-state index is 0.0593. The number of Topliss-reactive ketones (excluding diaryl/α,β-unsaturated/α-hetero) is 1. The number of rotatable bonds is 5. The summed E-state index contributed by atoms with van der Waals surface area (Å²) in [5, 5.41) is 9.12. The Balaban J connectivity index is 1.89. The fourth-order valence-electron chi connectivity index (χ4n) is 3.81. The maximum Gasteiger partial charge on any atom is 0.521 e. The second-order valence-electron chi connectivity index (χ2n) is 7.07. The summed E-state index contributed by atoms with van der Waals surface area (Å²) in [5.41, 5.74) is 0.533. The first kappa shape index (κ1) is 20.3. The number of benzene rings is 1. The maximum absolute atomic E-state index is 13.0. The molecule has 1 aromatic heterocycles. The van der Waals surface area contributed by atoms with E-state index in [9.17, 15) is 24.3 Å². The summed E-state index contributed by atoms with van der Waals surface area (Å²) in [7, 11) is 0. The molecule has 3 rings (SSSR count). The molecule has 8 heteroatoms. The van der Waals surface area contributed by atoms with Gasteiger partial charge in [-0.25, -0.2) is 4.79 Å². The molecule has 28 heavy (non-hydrogen) atoms. The molecule has 0 aliphatic carbocycles. The number of hydrogen-bond donors (Lipinski definition) is 1. The molecule has 1 aliphatic heterocycles. The number of quaternary nitrogens is 1. The molecular weight excluding hydrogens is 382 g/mol. The Morgan fingerprint density at radius 1 is 1.29 bits per heavy atom. The van der Waals surface area contributed by atoms with Crippen LogP contribution in [0.2, 0.25) is 0 Å². The van der Waals surface area contributed by atoms with E-state index in [1.807, 2.05) is 6.07 Å². The molecule has 1 saturated heterocycles. The Labute approximate surface area is 166 Å². The molecule has 0 radical (unpaired) electrons. The van der Waals surface area contributed by atoms with Gasteiger partial charge in [-0.3, -0.25) is 9.59 Å². The van der Waals surface area contributed by atoms with Crippen molar-refractivity contribution in [3.63, 3.8) is 0 Å². The minimum atomic E-state index is -1.21. The van der Waals surface area contributed by atoms with Gasteiger partial charge in [0.15, 0.2) is 10.9 Å². The van der Waals surface area contributed by atoms with Gasteiger partial charge in [-0.05, 0) is 19.1 Å². The van der Waals surface area contributed by atoms with Crippen molar-refractivity contribution < 1.29 is 33.2 Å². The van der Waals surface area contributed by atoms with Crippen molar-refractivity contribution in [2.45, 2.75) is 44.4 Å². The van der Waals surface area contributed by atoms with Crippen LogP contribution in [-0.4, -0.2) is 50.3 Å². The highest BCUT2D eigenvalue weighted by Crippen LogP contribution is 2.32. The lowest BCUT2D eigenvalue weighted by molar-refractivity contribution is -0.792. The third-order valence-corrected chi connectivity index (χ3v) is 6.30. The maximum atomic E-state index is 13.0. The third-order valence-electron chi connectivity index (χ3n) is 5.30. The molecule has 0 spiro atoms. The number of carbonyl (C=O) groups is 4. The molecule has 2 unspecified atom stereocenters. The number of likely N-dealkylation sites (tertiary alicyclic amines) is 1. The zero-order valence-electron chi connectivity index (χ0n) is 15.7. The predicted octanol–water partition coefficient (Wildman–Crippen LogP) is 3.86. The van der Waals surface area contributed by atoms with Crippen molar-refractivity contribution in [2.75, 3.05) is 6.54 Å². The third kappa shape index (κ3) is 3.62. The highest BCUT2D eigenvalue weighted by molar-refractivity contribution is 8.14. The van der Waals surface area contributed by atoms with Crippen LogP contribution in [0, 0.1) is 0 Å². The molecule has 2 heterocycles. The second-order valence-corrected chi connectivity index (χ2v) is 8.45. The summed E-state index contributed by atoms with van der Waals surface area (Å²) in [6, 6.07) is 8.32. The molecule has 1 aromatic carbocycles. The average molecular weight is 404 g/mol. The topological polar surface area (TPSA) is 102 Å². The first-order valence-electron chi connectivity index (χ1n) is 9.10. The summed E-state index contributed by atoms with van der Waals surface area (Å²) in [6.07, 6.45) is -0.296. The summed E-state index contributed by atoms with van der Waals surface area (Å²) in [5.74, 6) is -0.982. The Bertz CT molecular complexity index is 918. The number of thioether (sulfide) groups is 1. The van der Waals surface area contributed by atoms with E-state index in [-0.39, 0.29) is 29.9 Å². The van der Waals surface area contributed by atoms with Crippen LogP contribution in [0.5, 0.6) is 0 Å². The molecular formula is C20H22NO6S+. The molecule has 1 fully saturated rings. The fraction of sp³-hybridized carbons (Fsp3) is 0.400. The highest BCUT2D eigenvalue weighted by atomic mass is 32.2. The van der Waals surface area contributed by atoms with Crippen molar-refractivity contribution in [3.05, 3.63) is 36.1 Å². The van der Waals surface area contributed by atoms with Crippen molar-refractivity contribution in [2.24, 2.45) is 0 Å². The van der Waals surface area contributed by atoms with Crippen LogP contribution in [-0.2, 0) is 9.59 Å². The van der Waals surface area contributed by atoms with Crippen molar-refractivity contribution in [1.82, 2.24) is 0 Å². The van der Waals surface area contributed by atoms with Gasteiger partial charge in [0.05, 0.1) is 18.2 Å². The van der Waals surface area contributed by atoms with Crippen LogP contribution in [0.15, 0.2) is 34.7 Å². The van der Waals surface area contributed by atoms with E-state index in [4.69, 9.17) is 4.42 Å². The van der Waals surface area contributed by atoms with Gasteiger partial charge in [0.1, 0.15) is 11.6 Å². The van der Waals surface area contributed by atoms with Gasteiger partial charge in [0.2, 0.25) is 5.78 Å². The quantitative estimate of drug-likeness (QED) is 0.596. The number of nitrogens with zero attached hydrogens (tertiary/aromatic N) is 1. The number of imide groups is 1. The van der Waals surface area contributed by atoms with E-state index in [1.165, 1.54) is 6.92 Å². The van der Waals surface area contributed by atoms with Crippen LogP contribution in [0.4, 0.5) is 4.79 Å². The fourth-order valence-corrected chi connectivity index (χ4v) is 4.66. The number of hydrogen-bond acceptors (Lipinski definition) is 6. The average Bonchev–Trinajstić information content (AvgIpc) is 3.24. The van der Waals surface area contributed by atoms with E-state index in [2.05, 4.69) is 0 Å². The normalized spacial score (nSPS) is 22.9. The molecule has 1 aliphatic rings. The number of carbonyl (C=O) groups excluding carboxylic acids is 3. The zero-order valence-corrected chi connectivity index (χ0v) is 16.5. The van der Waals surface area contributed by atoms with E-state index in [0.29, 0.717) is 18.4 Å². The minimum Gasteiger partial charge on any atom is -0.453 e. The molecule has 148 valence electrons. The Kier molecular flexibility index (Phi) is 5.71. The van der Waals surface area contributed by atoms with Crippen LogP contribution in [0.3, 0.4) is 0 Å². The lowest BCUT2D eigenvalue weighted by Crippen LogP contribution is -2.59. The zero-order chi connectivity index (χ0) is 20.5. The second kappa shape index (κ2) is 7.89. The number of amides is 2. The van der Waals surface area contributed by atoms with Gasteiger partial charge in [0, 0.05) is 25.2 Å². The van der Waals surface area contributed by atoms with Gasteiger partial charge < -0.3 is 9.52 Å². The Hall–Kier alpha value is -2.45. The molecule has 3 atom stereocenters. The predicted molar refractivity (Wildman–Crippen MR) is 104 cm³/mol. The van der Waals surface area contributed by atoms with Crippen molar-refractivity contribution >= 4 is 45.6 Å². The lowest BCUT2D eigenvalue weighted by Gasteiger charge is -2.30. The number of para-hydroxylation sites is 1. The molecule has 2 aromatic rings. The van der Waals surface area contributed by atoms with E-state index >= 15 is 0 Å². The Morgan fingerprint density at radius 3 is 2.57 bits per heavy atom. The number of fused-ring (bicyclic) bond motifs is 1. The SMILES string of the molecule is CC(=O)SC(CC(=O)[N+]1(C(=O)O)CCC[C@H]1C)C(=O)c1cc2ccccc2o1. The number of carboxylic acid groups (broad SMARTS) is 1. The summed E-state index contributed by atoms with van der Waals surface area (Å²) in [6.45, 7) is 3.24. The molecule has 0 bridgehead atoms. The first-order valence-corrected chi connectivity index (χ1v) is 9.98. The van der Waals surface area contributed by atoms with Gasteiger partial charge in [-0.15, -0.1) is 0 Å². The van der Waals surface area contributed by atoms with Gasteiger partial charge in [-0.1, -0.05) is 30.0 Å². The van der Waals surface area contributed by atoms with Crippen molar-refractivity contribution in [1.29, 1.82) is 0 Å². The van der Waals surface area contributed by atoms with Gasteiger partial charge >= 0.3 is 12.0 Å². The van der Waals surface area contributed by atoms with Crippen LogP contribution in [0.1, 0.15) is 43.7 Å². The molecule has 1 N–H and O–H groups in total. The lowest BCUT2D eigenvalue weighted by atomic mass is 10.1. The van der Waals surface area contributed by atoms with Crippen LogP contribution in [0.25, 0.3) is 11.0 Å². The molecule has 7 nitrogen and oxygen atoms in total. The first-order chi connectivity index (χ1) is 13.3. The van der Waals surface area contributed by atoms with Crippen LogP contribution >= 0.6 is 11.8 Å². The number of furan rings is 1. The summed E-state index contributed by atoms with van der Waals surface area (Å²) >= 11 is 0.739. The highest BCUT2D eigenvalue weighted by Gasteiger charge is 2.53. The number of ketones is 1. The van der Waals surface area contributed by atoms with E-state index in [0.717, 1.165) is 17.1 Å². The summed E-state index contributed by atoms with van der Waals surface area (Å²) in [4.78, 5) is 49.6. The Morgan fingerprint density at radius 2 is 2.00 bits per heavy atom. The monoisotopic (exact) mass is 404 g/mol. The van der Waals surface area contributed by atoms with Crippen molar-refractivity contribution in [3.8, 4) is 0 Å². The van der Waals surface area contributed by atoms with Gasteiger partial charge in [-0.2, -0.15) is 9.28 Å². The molecule has 0 saturated carbocycles. The smallest absolute Gasteiger partial charge is 0.453 e. The largest absolute Gasteiger partial charge is 0.521 e. The summed E-state index contributed by atoms with van der Waals surface area (Å²) < 4.78 is 4.89. The van der Waals surface area contributed by atoms with E-state index in [1.54, 1.807) is 31.2 Å². The van der Waals surface area contributed by atoms with Gasteiger partial charge in [0.25, 0.3) is 0 Å². The molecule has 2 amide bonds. The standard InChI is InChI=1S/C20H21NO6S/c1-12-6-5-9-21(12,20(25)26)18(23)11-17(28-13(2)22)19(24)16-10-14-7-3-4-8-15(14)27-16/h3-4,7-8,10,12,17H,5-6,9,11H2,1-2H3/p+1/t12-,17?,21?/m1/s1.